The van der Waals surface area contributed by atoms with Crippen molar-refractivity contribution in [3.63, 3.8) is 0 Å². The van der Waals surface area contributed by atoms with E-state index in [1.165, 1.54) is 0 Å². The highest BCUT2D eigenvalue weighted by Crippen LogP contribution is 2.31. The molecule has 1 unspecified atom stereocenters. The number of rotatable bonds is 4. The minimum absolute atomic E-state index is 0.106. The maximum atomic E-state index is 11.1. The van der Waals surface area contributed by atoms with E-state index < -0.39 is 6.64 Å². The van der Waals surface area contributed by atoms with Gasteiger partial charge in [0.05, 0.1) is 6.64 Å². The Balaban J connectivity index is 3.75. The van der Waals surface area contributed by atoms with Crippen molar-refractivity contribution in [3.05, 3.63) is 0 Å². The summed E-state index contributed by atoms with van der Waals surface area (Å²) in [6.45, 7) is 2.98. The smallest absolute Gasteiger partial charge is 0.0558 e. The van der Waals surface area contributed by atoms with Gasteiger partial charge < -0.3 is 9.42 Å². The highest BCUT2D eigenvalue weighted by molar-refractivity contribution is 8.07. The summed E-state index contributed by atoms with van der Waals surface area (Å²) in [5, 5.41) is 2.67. The van der Waals surface area contributed by atoms with Crippen LogP contribution in [0.3, 0.4) is 0 Å². The van der Waals surface area contributed by atoms with Crippen molar-refractivity contribution in [2.24, 2.45) is 0 Å². The van der Waals surface area contributed by atoms with Crippen LogP contribution < -0.4 is 9.98 Å². The summed E-state index contributed by atoms with van der Waals surface area (Å²) in [7, 11) is 0. The largest absolute Gasteiger partial charge is 0.789 e. The zero-order valence-electron chi connectivity index (χ0n) is 6.46. The minimum atomic E-state index is -2.92. The average Bonchev–Trinajstić information content (AvgIpc) is 1.59. The molecule has 0 aromatic rings. The summed E-state index contributed by atoms with van der Waals surface area (Å²) in [5.74, 6) is 0. The van der Waals surface area contributed by atoms with Crippen LogP contribution in [0, 0.1) is 0 Å². The van der Waals surface area contributed by atoms with E-state index in [9.17, 15) is 4.89 Å². The standard InChI is InChI=1S/C5H14NO2PS/c1-4-8-9(7,10)6-5(2)3/h5H,4H2,1-3H3,(H2,6,7,10)/p-1. The fraction of sp³-hybridized carbons (Fsp3) is 1.00. The Morgan fingerprint density at radius 1 is 1.70 bits per heavy atom. The fourth-order valence-corrected chi connectivity index (χ4v) is 2.52. The first kappa shape index (κ1) is 10.5. The van der Waals surface area contributed by atoms with Crippen LogP contribution in [0.15, 0.2) is 0 Å². The maximum absolute atomic E-state index is 11.1. The quantitative estimate of drug-likeness (QED) is 0.647. The van der Waals surface area contributed by atoms with E-state index in [0.717, 1.165) is 0 Å². The van der Waals surface area contributed by atoms with Crippen LogP contribution in [0.25, 0.3) is 0 Å². The molecule has 0 aliphatic rings. The first-order valence-electron chi connectivity index (χ1n) is 3.21. The number of hydrogen-bond donors (Lipinski definition) is 1. The lowest BCUT2D eigenvalue weighted by molar-refractivity contribution is -0.185. The third-order valence-corrected chi connectivity index (χ3v) is 2.78. The van der Waals surface area contributed by atoms with E-state index in [-0.39, 0.29) is 6.04 Å². The van der Waals surface area contributed by atoms with Crippen molar-refractivity contribution in [2.75, 3.05) is 6.61 Å². The molecule has 0 aromatic carbocycles. The van der Waals surface area contributed by atoms with Crippen LogP contribution in [0.2, 0.25) is 0 Å². The van der Waals surface area contributed by atoms with Crippen LogP contribution in [-0.4, -0.2) is 12.6 Å². The van der Waals surface area contributed by atoms with Gasteiger partial charge in [-0.2, -0.15) is 0 Å². The molecule has 0 rings (SSSR count). The molecule has 0 spiro atoms. The molecule has 0 amide bonds. The normalized spacial score (nSPS) is 17.3. The minimum Gasteiger partial charge on any atom is -0.789 e. The van der Waals surface area contributed by atoms with Crippen molar-refractivity contribution in [1.29, 1.82) is 0 Å². The predicted octanol–water partition coefficient (Wildman–Crippen LogP) is 0.606. The second-order valence-electron chi connectivity index (χ2n) is 2.20. The monoisotopic (exact) mass is 182 g/mol. The van der Waals surface area contributed by atoms with Crippen molar-refractivity contribution < 1.29 is 9.42 Å². The van der Waals surface area contributed by atoms with Crippen molar-refractivity contribution in [2.45, 2.75) is 26.8 Å². The molecule has 0 radical (unpaired) electrons. The van der Waals surface area contributed by atoms with E-state index >= 15 is 0 Å². The van der Waals surface area contributed by atoms with Crippen LogP contribution in [0.1, 0.15) is 20.8 Å². The first-order chi connectivity index (χ1) is 4.48. The van der Waals surface area contributed by atoms with Crippen LogP contribution in [0.5, 0.6) is 0 Å². The van der Waals surface area contributed by atoms with Gasteiger partial charge >= 0.3 is 0 Å². The van der Waals surface area contributed by atoms with Gasteiger partial charge in [-0.15, -0.1) is 0 Å². The zero-order valence-corrected chi connectivity index (χ0v) is 8.17. The third-order valence-electron chi connectivity index (χ3n) is 0.715. The summed E-state index contributed by atoms with van der Waals surface area (Å²) in [5.41, 5.74) is 0. The molecule has 0 saturated carbocycles. The molecule has 0 aliphatic carbocycles. The molecule has 10 heavy (non-hydrogen) atoms. The Hall–Kier alpha value is 0.530. The molecule has 1 atom stereocenters. The Kier molecular flexibility index (Phi) is 4.65. The highest BCUT2D eigenvalue weighted by atomic mass is 32.5. The lowest BCUT2D eigenvalue weighted by Gasteiger charge is -2.30. The fourth-order valence-electron chi connectivity index (χ4n) is 0.523. The molecule has 0 bridgehead atoms. The SMILES string of the molecule is CCOP([O-])(=S)NC(C)C. The molecule has 62 valence electrons. The molecular formula is C5H13NO2PS-. The number of hydrogen-bond acceptors (Lipinski definition) is 3. The van der Waals surface area contributed by atoms with Crippen LogP contribution in [-0.2, 0) is 16.3 Å². The maximum Gasteiger partial charge on any atom is 0.0558 e. The van der Waals surface area contributed by atoms with E-state index in [4.69, 9.17) is 4.52 Å². The van der Waals surface area contributed by atoms with Gasteiger partial charge in [0, 0.05) is 12.6 Å². The molecule has 5 heteroatoms. The second-order valence-corrected chi connectivity index (χ2v) is 5.15. The second kappa shape index (κ2) is 4.42. The van der Waals surface area contributed by atoms with Gasteiger partial charge in [0.2, 0.25) is 0 Å². The molecular weight excluding hydrogens is 169 g/mol. The van der Waals surface area contributed by atoms with E-state index in [1.54, 1.807) is 6.92 Å². The van der Waals surface area contributed by atoms with Gasteiger partial charge in [0.1, 0.15) is 0 Å². The van der Waals surface area contributed by atoms with Crippen molar-refractivity contribution in [3.8, 4) is 0 Å². The first-order valence-corrected chi connectivity index (χ1v) is 5.85. The Morgan fingerprint density at radius 3 is 2.50 bits per heavy atom. The van der Waals surface area contributed by atoms with Crippen LogP contribution >= 0.6 is 6.64 Å². The Bertz CT molecular complexity index is 140. The summed E-state index contributed by atoms with van der Waals surface area (Å²) in [4.78, 5) is 11.1. The molecule has 0 saturated heterocycles. The van der Waals surface area contributed by atoms with Gasteiger partial charge in [-0.25, -0.2) is 0 Å². The average molecular weight is 182 g/mol. The van der Waals surface area contributed by atoms with E-state index in [0.29, 0.717) is 6.61 Å². The summed E-state index contributed by atoms with van der Waals surface area (Å²) >= 11 is 4.64. The molecule has 0 aromatic heterocycles. The Labute approximate surface area is 67.0 Å². The lowest BCUT2D eigenvalue weighted by atomic mass is 10.4. The molecule has 1 N–H and O–H groups in total. The van der Waals surface area contributed by atoms with Gasteiger partial charge in [-0.1, -0.05) is 11.8 Å². The van der Waals surface area contributed by atoms with Gasteiger partial charge in [0.15, 0.2) is 0 Å². The molecule has 0 fully saturated rings. The Morgan fingerprint density at radius 2 is 2.20 bits per heavy atom. The predicted molar refractivity (Wildman–Crippen MR) is 44.2 cm³/mol. The summed E-state index contributed by atoms with van der Waals surface area (Å²) in [6, 6.07) is 0.106. The van der Waals surface area contributed by atoms with Gasteiger partial charge in [-0.05, 0) is 20.8 Å². The van der Waals surface area contributed by atoms with Gasteiger partial charge in [0.25, 0.3) is 0 Å². The molecule has 3 nitrogen and oxygen atoms in total. The third kappa shape index (κ3) is 5.33. The number of nitrogens with one attached hydrogen (secondary N) is 1. The summed E-state index contributed by atoms with van der Waals surface area (Å²) in [6.07, 6.45) is 0. The molecule has 0 heterocycles. The highest BCUT2D eigenvalue weighted by Gasteiger charge is 2.01. The van der Waals surface area contributed by atoms with E-state index in [1.807, 2.05) is 13.8 Å². The zero-order chi connectivity index (χ0) is 8.20. The van der Waals surface area contributed by atoms with Gasteiger partial charge in [-0.3, -0.25) is 5.09 Å². The van der Waals surface area contributed by atoms with Crippen molar-refractivity contribution in [1.82, 2.24) is 5.09 Å². The molecule has 0 aliphatic heterocycles. The van der Waals surface area contributed by atoms with E-state index in [2.05, 4.69) is 16.9 Å². The summed E-state index contributed by atoms with van der Waals surface area (Å²) < 4.78 is 4.80. The van der Waals surface area contributed by atoms with Crippen molar-refractivity contribution >= 4 is 18.4 Å². The lowest BCUT2D eigenvalue weighted by Crippen LogP contribution is -2.26. The topological polar surface area (TPSA) is 44.3 Å². The van der Waals surface area contributed by atoms with Crippen LogP contribution in [0.4, 0.5) is 0 Å².